The first-order valence-electron chi connectivity index (χ1n) is 8.65. The fraction of sp³-hybridized carbons (Fsp3) is 0.500. The summed E-state index contributed by atoms with van der Waals surface area (Å²) < 4.78 is 4.94. The van der Waals surface area contributed by atoms with Gasteiger partial charge in [-0.05, 0) is 25.3 Å². The molecule has 1 rings (SSSR count). The number of nitrogens with zero attached hydrogens (tertiary/aromatic N) is 1. The average molecular weight is 379 g/mol. The monoisotopic (exact) mass is 379 g/mol. The van der Waals surface area contributed by atoms with Crippen LogP contribution in [0.5, 0.6) is 0 Å². The highest BCUT2D eigenvalue weighted by atomic mass is 16.6. The van der Waals surface area contributed by atoms with Crippen LogP contribution in [-0.4, -0.2) is 41.4 Å². The van der Waals surface area contributed by atoms with Crippen molar-refractivity contribution < 1.29 is 24.0 Å². The molecule has 0 fully saturated rings. The number of esters is 1. The molecule has 1 aromatic carbocycles. The van der Waals surface area contributed by atoms with E-state index in [1.54, 1.807) is 26.8 Å². The zero-order chi connectivity index (χ0) is 20.6. The number of nitro benzene ring substituents is 1. The largest absolute Gasteiger partial charge is 0.464 e. The topological polar surface area (TPSA) is 128 Å². The minimum absolute atomic E-state index is 0.106. The first kappa shape index (κ1) is 22.1. The number of amides is 2. The smallest absolute Gasteiger partial charge is 0.328 e. The quantitative estimate of drug-likeness (QED) is 0.379. The Labute approximate surface area is 157 Å². The third-order valence-electron chi connectivity index (χ3n) is 3.76. The Morgan fingerprint density at radius 2 is 1.85 bits per heavy atom. The zero-order valence-electron chi connectivity index (χ0n) is 15.9. The van der Waals surface area contributed by atoms with E-state index in [-0.39, 0.29) is 24.6 Å². The Kier molecular flexibility index (Phi) is 8.37. The van der Waals surface area contributed by atoms with Gasteiger partial charge in [-0.3, -0.25) is 19.7 Å². The van der Waals surface area contributed by atoms with E-state index < -0.39 is 34.8 Å². The molecule has 0 radical (unpaired) electrons. The highest BCUT2D eigenvalue weighted by Gasteiger charge is 2.27. The molecular formula is C18H25N3O6. The van der Waals surface area contributed by atoms with Gasteiger partial charge < -0.3 is 15.4 Å². The number of carbonyl (C=O) groups excluding carboxylic acids is 3. The lowest BCUT2D eigenvalue weighted by Crippen LogP contribution is -2.52. The molecule has 0 heterocycles. The van der Waals surface area contributed by atoms with Gasteiger partial charge in [-0.25, -0.2) is 4.79 Å². The van der Waals surface area contributed by atoms with E-state index >= 15 is 0 Å². The maximum atomic E-state index is 12.3. The molecular weight excluding hydrogens is 354 g/mol. The summed E-state index contributed by atoms with van der Waals surface area (Å²) in [5, 5.41) is 15.9. The van der Waals surface area contributed by atoms with Crippen molar-refractivity contribution in [2.75, 3.05) is 6.61 Å². The average Bonchev–Trinajstić information content (AvgIpc) is 2.59. The van der Waals surface area contributed by atoms with Crippen molar-refractivity contribution in [1.82, 2.24) is 10.6 Å². The van der Waals surface area contributed by atoms with Gasteiger partial charge in [0, 0.05) is 12.1 Å². The lowest BCUT2D eigenvalue weighted by atomic mass is 10.0. The van der Waals surface area contributed by atoms with Gasteiger partial charge in [0.2, 0.25) is 11.8 Å². The normalized spacial score (nSPS) is 12.8. The molecule has 2 amide bonds. The molecule has 27 heavy (non-hydrogen) atoms. The van der Waals surface area contributed by atoms with Gasteiger partial charge in [-0.15, -0.1) is 0 Å². The molecule has 2 N–H and O–H groups in total. The van der Waals surface area contributed by atoms with Crippen LogP contribution in [0.1, 0.15) is 33.3 Å². The second-order valence-electron chi connectivity index (χ2n) is 6.38. The number of hydrogen-bond donors (Lipinski definition) is 2. The molecule has 0 saturated heterocycles. The first-order chi connectivity index (χ1) is 12.6. The maximum absolute atomic E-state index is 12.3. The lowest BCUT2D eigenvalue weighted by Gasteiger charge is -2.23. The summed E-state index contributed by atoms with van der Waals surface area (Å²) in [5.41, 5.74) is 0.348. The Balaban J connectivity index is 2.65. The van der Waals surface area contributed by atoms with E-state index in [4.69, 9.17) is 4.74 Å². The number of nitrogens with one attached hydrogen (secondary N) is 2. The van der Waals surface area contributed by atoms with Crippen LogP contribution in [0.15, 0.2) is 24.3 Å². The Bertz CT molecular complexity index is 704. The molecule has 0 unspecified atom stereocenters. The minimum atomic E-state index is -0.883. The third-order valence-corrected chi connectivity index (χ3v) is 3.76. The van der Waals surface area contributed by atoms with Crippen LogP contribution in [0.25, 0.3) is 0 Å². The molecule has 0 aliphatic rings. The molecule has 148 valence electrons. The highest BCUT2D eigenvalue weighted by Crippen LogP contribution is 2.13. The van der Waals surface area contributed by atoms with Crippen LogP contribution in [0.3, 0.4) is 0 Å². The Hall–Kier alpha value is -2.97. The SMILES string of the molecule is CCOC(=O)[C@@H](NC(=O)[C@H](C)NC(=O)Cc1cccc([N+](=O)[O-])c1)C(C)C. The lowest BCUT2D eigenvalue weighted by molar-refractivity contribution is -0.384. The van der Waals surface area contributed by atoms with Crippen LogP contribution >= 0.6 is 0 Å². The number of benzene rings is 1. The maximum Gasteiger partial charge on any atom is 0.328 e. The fourth-order valence-corrected chi connectivity index (χ4v) is 2.33. The molecule has 2 atom stereocenters. The van der Waals surface area contributed by atoms with E-state index in [2.05, 4.69) is 10.6 Å². The number of hydrogen-bond acceptors (Lipinski definition) is 6. The van der Waals surface area contributed by atoms with E-state index in [0.717, 1.165) is 0 Å². The van der Waals surface area contributed by atoms with Crippen LogP contribution < -0.4 is 10.6 Å². The molecule has 9 nitrogen and oxygen atoms in total. The molecule has 0 bridgehead atoms. The van der Waals surface area contributed by atoms with Gasteiger partial charge >= 0.3 is 5.97 Å². The first-order valence-corrected chi connectivity index (χ1v) is 8.65. The molecule has 0 spiro atoms. The molecule has 0 aliphatic carbocycles. The fourth-order valence-electron chi connectivity index (χ4n) is 2.33. The minimum Gasteiger partial charge on any atom is -0.464 e. The number of non-ortho nitro benzene ring substituents is 1. The van der Waals surface area contributed by atoms with Gasteiger partial charge in [-0.1, -0.05) is 26.0 Å². The summed E-state index contributed by atoms with van der Waals surface area (Å²) in [7, 11) is 0. The summed E-state index contributed by atoms with van der Waals surface area (Å²) in [6, 6.07) is 4.02. The second-order valence-corrected chi connectivity index (χ2v) is 6.38. The molecule has 0 aliphatic heterocycles. The summed E-state index contributed by atoms with van der Waals surface area (Å²) in [5.74, 6) is -1.69. The number of ether oxygens (including phenoxy) is 1. The van der Waals surface area contributed by atoms with Crippen LogP contribution in [0.4, 0.5) is 5.69 Å². The van der Waals surface area contributed by atoms with E-state index in [9.17, 15) is 24.5 Å². The summed E-state index contributed by atoms with van der Waals surface area (Å²) in [4.78, 5) is 46.5. The van der Waals surface area contributed by atoms with Crippen LogP contribution in [0, 0.1) is 16.0 Å². The van der Waals surface area contributed by atoms with E-state index in [1.165, 1.54) is 25.1 Å². The Morgan fingerprint density at radius 1 is 1.19 bits per heavy atom. The molecule has 9 heteroatoms. The predicted octanol–water partition coefficient (Wildman–Crippen LogP) is 1.35. The Morgan fingerprint density at radius 3 is 2.41 bits per heavy atom. The predicted molar refractivity (Wildman–Crippen MR) is 97.8 cm³/mol. The van der Waals surface area contributed by atoms with Crippen molar-refractivity contribution in [2.45, 2.75) is 46.2 Å². The van der Waals surface area contributed by atoms with Gasteiger partial charge in [0.25, 0.3) is 5.69 Å². The van der Waals surface area contributed by atoms with Gasteiger partial charge in [-0.2, -0.15) is 0 Å². The van der Waals surface area contributed by atoms with Crippen LogP contribution in [0.2, 0.25) is 0 Å². The molecule has 1 aromatic rings. The zero-order valence-corrected chi connectivity index (χ0v) is 15.9. The summed E-state index contributed by atoms with van der Waals surface area (Å²) >= 11 is 0. The van der Waals surface area contributed by atoms with E-state index in [0.29, 0.717) is 5.56 Å². The third kappa shape index (κ3) is 7.04. The standard InChI is InChI=1S/C18H25N3O6/c1-5-27-18(24)16(11(2)3)20-17(23)12(4)19-15(22)10-13-7-6-8-14(9-13)21(25)26/h6-9,11-12,16H,5,10H2,1-4H3,(H,19,22)(H,20,23)/t12-,16-/m0/s1. The van der Waals surface area contributed by atoms with E-state index in [1.807, 2.05) is 0 Å². The van der Waals surface area contributed by atoms with Gasteiger partial charge in [0.05, 0.1) is 18.0 Å². The highest BCUT2D eigenvalue weighted by molar-refractivity contribution is 5.91. The number of rotatable bonds is 9. The van der Waals surface area contributed by atoms with Crippen molar-refractivity contribution in [2.24, 2.45) is 5.92 Å². The van der Waals surface area contributed by atoms with Gasteiger partial charge in [0.1, 0.15) is 12.1 Å². The second kappa shape index (κ2) is 10.2. The van der Waals surface area contributed by atoms with Crippen molar-refractivity contribution in [3.8, 4) is 0 Å². The van der Waals surface area contributed by atoms with Crippen LogP contribution in [-0.2, 0) is 25.5 Å². The van der Waals surface area contributed by atoms with Crippen molar-refractivity contribution in [3.05, 3.63) is 39.9 Å². The summed E-state index contributed by atoms with van der Waals surface area (Å²) in [6.07, 6.45) is -0.106. The summed E-state index contributed by atoms with van der Waals surface area (Å²) in [6.45, 7) is 6.91. The number of carbonyl (C=O) groups is 3. The van der Waals surface area contributed by atoms with Crippen molar-refractivity contribution in [3.63, 3.8) is 0 Å². The molecule has 0 saturated carbocycles. The number of nitro groups is 1. The van der Waals surface area contributed by atoms with Crippen molar-refractivity contribution in [1.29, 1.82) is 0 Å². The molecule has 0 aromatic heterocycles. The van der Waals surface area contributed by atoms with Crippen molar-refractivity contribution >= 4 is 23.5 Å². The van der Waals surface area contributed by atoms with Gasteiger partial charge in [0.15, 0.2) is 0 Å².